The van der Waals surface area contributed by atoms with E-state index in [9.17, 15) is 19.2 Å². The van der Waals surface area contributed by atoms with E-state index in [0.29, 0.717) is 6.42 Å². The van der Waals surface area contributed by atoms with Gasteiger partial charge in [-0.15, -0.1) is 0 Å². The molecule has 208 valence electrons. The number of ether oxygens (including phenoxy) is 2. The van der Waals surface area contributed by atoms with Crippen molar-refractivity contribution in [3.05, 3.63) is 60.1 Å². The summed E-state index contributed by atoms with van der Waals surface area (Å²) in [7, 11) is 1.40. The van der Waals surface area contributed by atoms with Gasteiger partial charge in [0.15, 0.2) is 5.76 Å². The zero-order valence-electron chi connectivity index (χ0n) is 22.9. The minimum absolute atomic E-state index is 0.1000. The van der Waals surface area contributed by atoms with Crippen molar-refractivity contribution in [1.82, 2.24) is 16.0 Å². The van der Waals surface area contributed by atoms with Crippen LogP contribution in [-0.4, -0.2) is 61.1 Å². The van der Waals surface area contributed by atoms with Gasteiger partial charge in [-0.05, 0) is 50.8 Å². The Kier molecular flexibility index (Phi) is 11.5. The molecule has 2 aromatic rings. The van der Waals surface area contributed by atoms with Crippen molar-refractivity contribution in [3.63, 3.8) is 0 Å². The lowest BCUT2D eigenvalue weighted by Crippen LogP contribution is -2.57. The van der Waals surface area contributed by atoms with Crippen LogP contribution >= 0.6 is 0 Å². The zero-order valence-corrected chi connectivity index (χ0v) is 22.9. The molecule has 1 aromatic carbocycles. The van der Waals surface area contributed by atoms with E-state index in [1.165, 1.54) is 19.4 Å². The third-order valence-corrected chi connectivity index (χ3v) is 5.36. The van der Waals surface area contributed by atoms with Crippen LogP contribution in [0.3, 0.4) is 0 Å². The summed E-state index contributed by atoms with van der Waals surface area (Å²) >= 11 is 0. The van der Waals surface area contributed by atoms with Gasteiger partial charge in [0.1, 0.15) is 17.7 Å². The quantitative estimate of drug-likeness (QED) is 0.339. The fourth-order valence-electron chi connectivity index (χ4n) is 3.70. The number of hydrogen-bond acceptors (Lipinski definition) is 7. The Morgan fingerprint density at radius 2 is 1.50 bits per heavy atom. The van der Waals surface area contributed by atoms with E-state index < -0.39 is 41.6 Å². The Morgan fingerprint density at radius 3 is 2.05 bits per heavy atom. The summed E-state index contributed by atoms with van der Waals surface area (Å²) in [6, 6.07) is 9.27. The zero-order chi connectivity index (χ0) is 28.3. The van der Waals surface area contributed by atoms with Crippen LogP contribution in [-0.2, 0) is 25.5 Å². The number of carbonyl (C=O) groups is 4. The lowest BCUT2D eigenvalue weighted by molar-refractivity contribution is -0.131. The first-order valence-electron chi connectivity index (χ1n) is 12.6. The summed E-state index contributed by atoms with van der Waals surface area (Å²) in [5, 5.41) is 7.99. The maximum Gasteiger partial charge on any atom is 0.408 e. The third kappa shape index (κ3) is 10.4. The number of benzene rings is 1. The standard InChI is InChI=1S/C28H39N3O7/c1-18(2)15-20(24(32)23-13-10-14-37-23)29-26(34)22(17-36-6)30-25(33)21(16-19-11-8-7-9-12-19)31-27(35)38-28(3,4)5/h7-14,18,20-22H,15-17H2,1-6H3,(H,29,34)(H,30,33)(H,31,35). The first kappa shape index (κ1) is 30.6. The molecule has 3 unspecified atom stereocenters. The Labute approximate surface area is 223 Å². The monoisotopic (exact) mass is 529 g/mol. The largest absolute Gasteiger partial charge is 0.461 e. The van der Waals surface area contributed by atoms with Crippen LogP contribution in [0.2, 0.25) is 0 Å². The van der Waals surface area contributed by atoms with Crippen molar-refractivity contribution < 1.29 is 33.1 Å². The van der Waals surface area contributed by atoms with E-state index in [1.807, 2.05) is 44.2 Å². The van der Waals surface area contributed by atoms with E-state index in [2.05, 4.69) is 16.0 Å². The predicted molar refractivity (Wildman–Crippen MR) is 142 cm³/mol. The van der Waals surface area contributed by atoms with Crippen LogP contribution in [0.25, 0.3) is 0 Å². The van der Waals surface area contributed by atoms with Gasteiger partial charge in [-0.2, -0.15) is 0 Å². The number of hydrogen-bond donors (Lipinski definition) is 3. The molecule has 3 atom stereocenters. The Morgan fingerprint density at radius 1 is 0.868 bits per heavy atom. The van der Waals surface area contributed by atoms with Gasteiger partial charge in [-0.3, -0.25) is 14.4 Å². The van der Waals surface area contributed by atoms with Gasteiger partial charge in [0, 0.05) is 13.5 Å². The summed E-state index contributed by atoms with van der Waals surface area (Å²) in [5.74, 6) is -1.33. The Balaban J connectivity index is 2.19. The third-order valence-electron chi connectivity index (χ3n) is 5.36. The number of amides is 3. The van der Waals surface area contributed by atoms with Gasteiger partial charge >= 0.3 is 6.09 Å². The van der Waals surface area contributed by atoms with Crippen molar-refractivity contribution in [1.29, 1.82) is 0 Å². The van der Waals surface area contributed by atoms with Crippen LogP contribution in [0.1, 0.15) is 57.2 Å². The van der Waals surface area contributed by atoms with Crippen LogP contribution < -0.4 is 16.0 Å². The molecule has 10 nitrogen and oxygen atoms in total. The van der Waals surface area contributed by atoms with Crippen LogP contribution in [0.5, 0.6) is 0 Å². The topological polar surface area (TPSA) is 136 Å². The SMILES string of the molecule is COCC(NC(=O)C(Cc1ccccc1)NC(=O)OC(C)(C)C)C(=O)NC(CC(C)C)C(=O)c1ccco1. The second-order valence-corrected chi connectivity index (χ2v) is 10.4. The number of nitrogens with one attached hydrogen (secondary N) is 3. The number of carbonyl (C=O) groups excluding carboxylic acids is 4. The minimum Gasteiger partial charge on any atom is -0.461 e. The average Bonchev–Trinajstić information content (AvgIpc) is 3.36. The van der Waals surface area contributed by atoms with Crippen molar-refractivity contribution in [2.45, 2.75) is 71.2 Å². The smallest absolute Gasteiger partial charge is 0.408 e. The molecule has 0 fully saturated rings. The second kappa shape index (κ2) is 14.3. The highest BCUT2D eigenvalue weighted by molar-refractivity contribution is 6.01. The highest BCUT2D eigenvalue weighted by atomic mass is 16.6. The minimum atomic E-state index is -1.12. The molecule has 2 rings (SSSR count). The summed E-state index contributed by atoms with van der Waals surface area (Å²) in [6.45, 7) is 8.87. The number of methoxy groups -OCH3 is 1. The average molecular weight is 530 g/mol. The molecule has 1 aromatic heterocycles. The molecule has 1 heterocycles. The molecule has 0 aliphatic heterocycles. The summed E-state index contributed by atoms with van der Waals surface area (Å²) in [6.07, 6.45) is 1.16. The van der Waals surface area contributed by atoms with Gasteiger partial charge < -0.3 is 29.8 Å². The Bertz CT molecular complexity index is 1050. The van der Waals surface area contributed by atoms with Crippen molar-refractivity contribution in [2.24, 2.45) is 5.92 Å². The fraction of sp³-hybridized carbons (Fsp3) is 0.500. The van der Waals surface area contributed by atoms with Crippen molar-refractivity contribution in [3.8, 4) is 0 Å². The maximum absolute atomic E-state index is 13.3. The van der Waals surface area contributed by atoms with Crippen LogP contribution in [0.4, 0.5) is 4.79 Å². The van der Waals surface area contributed by atoms with E-state index in [1.54, 1.807) is 26.8 Å². The molecule has 0 saturated heterocycles. The molecule has 0 saturated carbocycles. The molecule has 38 heavy (non-hydrogen) atoms. The highest BCUT2D eigenvalue weighted by Gasteiger charge is 2.32. The van der Waals surface area contributed by atoms with Gasteiger partial charge in [0.05, 0.1) is 18.9 Å². The fourth-order valence-corrected chi connectivity index (χ4v) is 3.70. The number of Topliss-reactive ketones (excluding diaryl/α,β-unsaturated/α-hetero) is 1. The first-order valence-corrected chi connectivity index (χ1v) is 12.6. The maximum atomic E-state index is 13.3. The van der Waals surface area contributed by atoms with E-state index in [-0.39, 0.29) is 30.5 Å². The molecule has 0 radical (unpaired) electrons. The molecule has 0 aliphatic rings. The summed E-state index contributed by atoms with van der Waals surface area (Å²) in [5.41, 5.74) is 0.0416. The second-order valence-electron chi connectivity index (χ2n) is 10.4. The summed E-state index contributed by atoms with van der Waals surface area (Å²) in [4.78, 5) is 52.0. The predicted octanol–water partition coefficient (Wildman–Crippen LogP) is 3.26. The van der Waals surface area contributed by atoms with Crippen molar-refractivity contribution >= 4 is 23.7 Å². The number of ketones is 1. The summed E-state index contributed by atoms with van der Waals surface area (Å²) < 4.78 is 15.7. The number of alkyl carbamates (subject to hydrolysis) is 1. The molecular weight excluding hydrogens is 490 g/mol. The molecule has 0 spiro atoms. The van der Waals surface area contributed by atoms with Crippen LogP contribution in [0, 0.1) is 5.92 Å². The molecule has 10 heteroatoms. The van der Waals surface area contributed by atoms with E-state index >= 15 is 0 Å². The molecule has 3 N–H and O–H groups in total. The lowest BCUT2D eigenvalue weighted by Gasteiger charge is -2.26. The number of rotatable bonds is 13. The normalized spacial score (nSPS) is 13.8. The van der Waals surface area contributed by atoms with Gasteiger partial charge in [0.2, 0.25) is 17.6 Å². The molecule has 3 amide bonds. The van der Waals surface area contributed by atoms with Gasteiger partial charge in [-0.1, -0.05) is 44.2 Å². The molecule has 0 bridgehead atoms. The van der Waals surface area contributed by atoms with E-state index in [0.717, 1.165) is 5.56 Å². The van der Waals surface area contributed by atoms with Crippen LogP contribution in [0.15, 0.2) is 53.1 Å². The first-order chi connectivity index (χ1) is 17.9. The Hall–Kier alpha value is -3.66. The van der Waals surface area contributed by atoms with E-state index in [4.69, 9.17) is 13.9 Å². The van der Waals surface area contributed by atoms with Gasteiger partial charge in [0.25, 0.3) is 0 Å². The van der Waals surface area contributed by atoms with Crippen molar-refractivity contribution in [2.75, 3.05) is 13.7 Å². The highest BCUT2D eigenvalue weighted by Crippen LogP contribution is 2.13. The molecule has 0 aliphatic carbocycles. The van der Waals surface area contributed by atoms with Gasteiger partial charge in [-0.25, -0.2) is 4.79 Å². The number of furan rings is 1. The molecular formula is C28H39N3O7. The lowest BCUT2D eigenvalue weighted by atomic mass is 9.98.